The van der Waals surface area contributed by atoms with Crippen molar-refractivity contribution in [2.75, 3.05) is 13.2 Å². The van der Waals surface area contributed by atoms with Gasteiger partial charge in [0.25, 0.3) is 0 Å². The van der Waals surface area contributed by atoms with Crippen molar-refractivity contribution in [2.45, 2.75) is 12.8 Å². The lowest BCUT2D eigenvalue weighted by Crippen LogP contribution is -2.13. The highest BCUT2D eigenvalue weighted by atomic mass is 35.5. The summed E-state index contributed by atoms with van der Waals surface area (Å²) in [5.74, 6) is 0. The number of rotatable bonds is 3. The molecule has 0 aliphatic carbocycles. The molecule has 1 saturated heterocycles. The van der Waals surface area contributed by atoms with E-state index in [4.69, 9.17) is 11.6 Å². The Kier molecular flexibility index (Phi) is 3.31. The molecule has 0 bridgehead atoms. The van der Waals surface area contributed by atoms with E-state index in [1.807, 2.05) is 0 Å². The average Bonchev–Trinajstić information content (AvgIpc) is 2.81. The predicted octanol–water partition coefficient (Wildman–Crippen LogP) is 3.02. The summed E-state index contributed by atoms with van der Waals surface area (Å²) in [6, 6.07) is 6.28. The fourth-order valence-electron chi connectivity index (χ4n) is 1.71. The van der Waals surface area contributed by atoms with Crippen molar-refractivity contribution in [1.29, 1.82) is 0 Å². The molecule has 0 amide bonds. The Hall–Kier alpha value is -1.26. The highest BCUT2D eigenvalue weighted by molar-refractivity contribution is 6.28. The van der Waals surface area contributed by atoms with Crippen LogP contribution in [0.25, 0.3) is 0 Å². The zero-order chi connectivity index (χ0) is 11.5. The molecule has 16 heavy (non-hydrogen) atoms. The third kappa shape index (κ3) is 2.28. The van der Waals surface area contributed by atoms with Gasteiger partial charge < -0.3 is 4.37 Å². The van der Waals surface area contributed by atoms with Crippen molar-refractivity contribution >= 4 is 17.3 Å². The third-order valence-corrected chi connectivity index (χ3v) is 3.03. The summed E-state index contributed by atoms with van der Waals surface area (Å²) >= 11 is 6.18. The van der Waals surface area contributed by atoms with Gasteiger partial charge in [0.15, 0.2) is 5.56 Å². The van der Waals surface area contributed by atoms with E-state index in [0.717, 1.165) is 31.6 Å². The number of nitro groups is 1. The Morgan fingerprint density at radius 3 is 2.31 bits per heavy atom. The van der Waals surface area contributed by atoms with Gasteiger partial charge in [0.2, 0.25) is 5.69 Å². The van der Waals surface area contributed by atoms with Crippen molar-refractivity contribution in [3.05, 3.63) is 45.5 Å². The quantitative estimate of drug-likeness (QED) is 0.353. The standard InChI is InChI=1S/C11H12ClNO3/c12-11(16-7-1-2-8-16)9-3-5-10(6-4-9)13(14)15/h3-6H,1-2,7-8H2. The molecule has 1 aliphatic rings. The predicted molar refractivity (Wildman–Crippen MR) is 61.3 cm³/mol. The number of hydrogen-bond donors (Lipinski definition) is 0. The highest BCUT2D eigenvalue weighted by Gasteiger charge is 2.23. The second-order valence-electron chi connectivity index (χ2n) is 3.69. The highest BCUT2D eigenvalue weighted by Crippen LogP contribution is 2.32. The summed E-state index contributed by atoms with van der Waals surface area (Å²) in [5.41, 5.74) is 1.49. The number of halogens is 1. The van der Waals surface area contributed by atoms with Gasteiger partial charge in [-0.05, 0) is 12.1 Å². The van der Waals surface area contributed by atoms with Crippen LogP contribution in [0.4, 0.5) is 5.69 Å². The van der Waals surface area contributed by atoms with Crippen LogP contribution in [0.15, 0.2) is 24.3 Å². The fraction of sp³-hybridized carbons (Fsp3) is 0.364. The Bertz CT molecular complexity index is 373. The first kappa shape index (κ1) is 11.2. The largest absolute Gasteiger partial charge is 0.431 e. The Morgan fingerprint density at radius 1 is 1.25 bits per heavy atom. The summed E-state index contributed by atoms with van der Waals surface area (Å²) in [4.78, 5) is 10.1. The van der Waals surface area contributed by atoms with Crippen LogP contribution >= 0.6 is 11.6 Å². The Morgan fingerprint density at radius 2 is 1.81 bits per heavy atom. The molecule has 0 N–H and O–H groups in total. The first-order valence-electron chi connectivity index (χ1n) is 5.13. The zero-order valence-corrected chi connectivity index (χ0v) is 9.44. The van der Waals surface area contributed by atoms with Crippen LogP contribution in [0, 0.1) is 15.7 Å². The van der Waals surface area contributed by atoms with E-state index in [0.29, 0.717) is 5.56 Å². The van der Waals surface area contributed by atoms with E-state index in [1.165, 1.54) is 12.1 Å². The molecule has 0 saturated carbocycles. The monoisotopic (exact) mass is 241 g/mol. The molecular formula is C11H12ClNO3. The number of nitro benzene ring substituents is 1. The minimum absolute atomic E-state index is 0.0830. The maximum atomic E-state index is 10.5. The van der Waals surface area contributed by atoms with E-state index in [9.17, 15) is 10.1 Å². The maximum Gasteiger partial charge on any atom is 0.245 e. The van der Waals surface area contributed by atoms with E-state index in [2.05, 4.69) is 4.37 Å². The van der Waals surface area contributed by atoms with Crippen molar-refractivity contribution in [3.63, 3.8) is 0 Å². The number of nitrogens with zero attached hydrogens (tertiary/aromatic N) is 1. The lowest BCUT2D eigenvalue weighted by molar-refractivity contribution is -0.384. The molecular weight excluding hydrogens is 230 g/mol. The van der Waals surface area contributed by atoms with Gasteiger partial charge in [-0.25, -0.2) is 0 Å². The van der Waals surface area contributed by atoms with Crippen molar-refractivity contribution < 1.29 is 9.29 Å². The molecule has 1 heterocycles. The fourth-order valence-corrected chi connectivity index (χ4v) is 2.00. The van der Waals surface area contributed by atoms with Crippen LogP contribution in [0.2, 0.25) is 0 Å². The van der Waals surface area contributed by atoms with Crippen LogP contribution in [0.3, 0.4) is 0 Å². The second-order valence-corrected chi connectivity index (χ2v) is 4.03. The van der Waals surface area contributed by atoms with Gasteiger partial charge in [0.1, 0.15) is 13.2 Å². The summed E-state index contributed by atoms with van der Waals surface area (Å²) in [7, 11) is 0. The van der Waals surface area contributed by atoms with Crippen LogP contribution < -0.4 is 0 Å². The van der Waals surface area contributed by atoms with Crippen LogP contribution in [-0.2, 0) is 4.37 Å². The first-order valence-corrected chi connectivity index (χ1v) is 5.51. The molecule has 1 aromatic rings. The molecule has 86 valence electrons. The molecule has 0 aromatic heterocycles. The van der Waals surface area contributed by atoms with E-state index in [-0.39, 0.29) is 5.69 Å². The van der Waals surface area contributed by atoms with Gasteiger partial charge in [-0.3, -0.25) is 10.1 Å². The molecule has 0 radical (unpaired) electrons. The molecule has 1 aromatic carbocycles. The smallest absolute Gasteiger partial charge is 0.245 e. The first-order chi connectivity index (χ1) is 7.68. The second kappa shape index (κ2) is 4.72. The van der Waals surface area contributed by atoms with Crippen LogP contribution in [-0.4, -0.2) is 18.1 Å². The van der Waals surface area contributed by atoms with E-state index in [1.54, 1.807) is 12.1 Å². The van der Waals surface area contributed by atoms with E-state index >= 15 is 0 Å². The Balaban J connectivity index is 2.11. The van der Waals surface area contributed by atoms with Gasteiger partial charge in [-0.1, -0.05) is 17.2 Å². The van der Waals surface area contributed by atoms with Gasteiger partial charge >= 0.3 is 0 Å². The zero-order valence-electron chi connectivity index (χ0n) is 8.69. The lowest BCUT2D eigenvalue weighted by atomic mass is 10.2. The molecule has 0 atom stereocenters. The van der Waals surface area contributed by atoms with E-state index < -0.39 is 4.92 Å². The molecule has 2 rings (SSSR count). The molecule has 0 unspecified atom stereocenters. The number of non-ortho nitro benzene ring substituents is 1. The molecule has 1 aliphatic heterocycles. The summed E-state index contributed by atoms with van der Waals surface area (Å²) < 4.78 is 2.93. The summed E-state index contributed by atoms with van der Waals surface area (Å²) in [6.07, 6.45) is 2.24. The lowest BCUT2D eigenvalue weighted by Gasteiger charge is -2.23. The van der Waals surface area contributed by atoms with Gasteiger partial charge in [0, 0.05) is 12.8 Å². The SMILES string of the molecule is O=[N+]([O-])c1ccc([C-](Cl)[O+]2CCCC2)cc1. The third-order valence-electron chi connectivity index (χ3n) is 2.59. The topological polar surface area (TPSA) is 45.8 Å². The number of benzene rings is 1. The normalized spacial score (nSPS) is 16.3. The van der Waals surface area contributed by atoms with Crippen LogP contribution in [0.5, 0.6) is 0 Å². The van der Waals surface area contributed by atoms with Gasteiger partial charge in [-0.2, -0.15) is 0 Å². The van der Waals surface area contributed by atoms with Gasteiger partial charge in [-0.15, -0.1) is 12.1 Å². The summed E-state index contributed by atoms with van der Waals surface area (Å²) in [6.45, 7) is 1.77. The van der Waals surface area contributed by atoms with Crippen molar-refractivity contribution in [3.8, 4) is 0 Å². The minimum atomic E-state index is -0.416. The number of hydrogen-bond acceptors (Lipinski definition) is 2. The Labute approximate surface area is 98.6 Å². The average molecular weight is 242 g/mol. The van der Waals surface area contributed by atoms with Gasteiger partial charge in [0.05, 0.1) is 4.92 Å². The molecule has 5 heteroatoms. The molecule has 0 spiro atoms. The molecule has 4 nitrogen and oxygen atoms in total. The molecule has 1 fully saturated rings. The van der Waals surface area contributed by atoms with Crippen LogP contribution in [0.1, 0.15) is 18.4 Å². The van der Waals surface area contributed by atoms with Crippen molar-refractivity contribution in [2.24, 2.45) is 0 Å². The van der Waals surface area contributed by atoms with Crippen molar-refractivity contribution in [1.82, 2.24) is 0 Å². The summed E-state index contributed by atoms with van der Waals surface area (Å²) in [5, 5.41) is 10.5. The maximum absolute atomic E-state index is 10.5. The minimum Gasteiger partial charge on any atom is -0.431 e.